The van der Waals surface area contributed by atoms with E-state index in [1.54, 1.807) is 0 Å². The molecule has 0 radical (unpaired) electrons. The summed E-state index contributed by atoms with van der Waals surface area (Å²) in [6, 6.07) is 7.95. The summed E-state index contributed by atoms with van der Waals surface area (Å²) in [6.45, 7) is 7.55. The SMILES string of the molecule is CC.O=[C-]CCc1ccc(Br)cc1.[CH2-]CCCC(N)=O.[Na+]. The largest absolute Gasteiger partial charge is 1.00 e. The van der Waals surface area contributed by atoms with Crippen LogP contribution < -0.4 is 35.3 Å². The van der Waals surface area contributed by atoms with Crippen LogP contribution in [0, 0.1) is 6.92 Å². The van der Waals surface area contributed by atoms with Gasteiger partial charge in [-0.05, 0) is 12.1 Å². The molecule has 0 aromatic heterocycles. The summed E-state index contributed by atoms with van der Waals surface area (Å²) in [4.78, 5) is 19.9. The standard InChI is InChI=1S/C9H8BrO.C5H10NO.C2H6.Na/c10-9-5-3-8(4-6-9)2-1-7-11;1-2-3-4-5(6)7;1-2;/h3-6H,1-2H2;1-4H2,(H2,6,7);1-2H3;/q2*-1;;+1. The van der Waals surface area contributed by atoms with Crippen LogP contribution in [0.3, 0.4) is 0 Å². The van der Waals surface area contributed by atoms with E-state index in [9.17, 15) is 9.59 Å². The van der Waals surface area contributed by atoms with Gasteiger partial charge in [-0.25, -0.2) is 0 Å². The van der Waals surface area contributed by atoms with Gasteiger partial charge in [0.15, 0.2) is 0 Å². The number of primary amides is 1. The topological polar surface area (TPSA) is 60.2 Å². The van der Waals surface area contributed by atoms with Crippen LogP contribution >= 0.6 is 15.9 Å². The molecular formula is C16H24BrNNaO2-. The summed E-state index contributed by atoms with van der Waals surface area (Å²) in [7, 11) is 0. The van der Waals surface area contributed by atoms with Crippen molar-refractivity contribution in [3.8, 4) is 0 Å². The summed E-state index contributed by atoms with van der Waals surface area (Å²) >= 11 is 3.34. The molecule has 0 unspecified atom stereocenters. The van der Waals surface area contributed by atoms with Gasteiger partial charge in [0.2, 0.25) is 5.91 Å². The van der Waals surface area contributed by atoms with E-state index >= 15 is 0 Å². The predicted molar refractivity (Wildman–Crippen MR) is 87.9 cm³/mol. The zero-order valence-corrected chi connectivity index (χ0v) is 16.9. The predicted octanol–water partition coefficient (Wildman–Crippen LogP) is 0.998. The number of amides is 1. The molecule has 1 aromatic rings. The summed E-state index contributed by atoms with van der Waals surface area (Å²) in [5, 5.41) is 0. The normalized spacial score (nSPS) is 8.19. The third-order valence-corrected chi connectivity index (χ3v) is 2.63. The van der Waals surface area contributed by atoms with Crippen molar-refractivity contribution < 1.29 is 39.1 Å². The molecular weight excluding hydrogens is 341 g/mol. The van der Waals surface area contributed by atoms with Gasteiger partial charge in [0.05, 0.1) is 0 Å². The molecule has 0 fully saturated rings. The van der Waals surface area contributed by atoms with Crippen LogP contribution in [0.2, 0.25) is 0 Å². The number of carbonyl (C=O) groups excluding carboxylic acids is 2. The minimum atomic E-state index is -0.233. The number of rotatable bonds is 6. The Labute approximate surface area is 159 Å². The number of hydrogen-bond donors (Lipinski definition) is 1. The molecule has 114 valence electrons. The Morgan fingerprint density at radius 1 is 1.29 bits per heavy atom. The second kappa shape index (κ2) is 19.8. The smallest absolute Gasteiger partial charge is 0.542 e. The number of hydrogen-bond acceptors (Lipinski definition) is 2. The average molecular weight is 365 g/mol. The number of nitrogens with two attached hydrogens (primary N) is 1. The van der Waals surface area contributed by atoms with Crippen molar-refractivity contribution in [1.82, 2.24) is 0 Å². The van der Waals surface area contributed by atoms with Gasteiger partial charge < -0.3 is 17.5 Å². The van der Waals surface area contributed by atoms with Gasteiger partial charge in [-0.15, -0.1) is 6.42 Å². The average Bonchev–Trinajstić information content (AvgIpc) is 2.47. The molecule has 0 aliphatic carbocycles. The number of halogens is 1. The van der Waals surface area contributed by atoms with Crippen molar-refractivity contribution in [3.05, 3.63) is 41.2 Å². The molecule has 0 bridgehead atoms. The van der Waals surface area contributed by atoms with Crippen LogP contribution in [0.15, 0.2) is 28.7 Å². The van der Waals surface area contributed by atoms with E-state index in [2.05, 4.69) is 22.9 Å². The molecule has 0 saturated carbocycles. The molecule has 0 heterocycles. The van der Waals surface area contributed by atoms with Gasteiger partial charge in [-0.3, -0.25) is 11.1 Å². The minimum absolute atomic E-state index is 0. The molecule has 0 spiro atoms. The molecule has 0 saturated heterocycles. The zero-order valence-electron chi connectivity index (χ0n) is 13.3. The Morgan fingerprint density at radius 2 is 1.81 bits per heavy atom. The summed E-state index contributed by atoms with van der Waals surface area (Å²) < 4.78 is 1.07. The van der Waals surface area contributed by atoms with Crippen molar-refractivity contribution in [1.29, 1.82) is 0 Å². The van der Waals surface area contributed by atoms with E-state index in [0.717, 1.165) is 23.7 Å². The fourth-order valence-corrected chi connectivity index (χ4v) is 1.41. The number of benzene rings is 1. The van der Waals surface area contributed by atoms with Crippen LogP contribution in [-0.4, -0.2) is 12.2 Å². The molecule has 0 aliphatic rings. The Bertz CT molecular complexity index is 356. The monoisotopic (exact) mass is 364 g/mol. The van der Waals surface area contributed by atoms with Crippen molar-refractivity contribution in [2.24, 2.45) is 5.73 Å². The van der Waals surface area contributed by atoms with Gasteiger partial charge in [0, 0.05) is 10.9 Å². The summed E-state index contributed by atoms with van der Waals surface area (Å²) in [5.41, 5.74) is 5.99. The van der Waals surface area contributed by atoms with E-state index in [-0.39, 0.29) is 35.5 Å². The Kier molecular flexibility index (Phi) is 24.4. The van der Waals surface area contributed by atoms with Crippen molar-refractivity contribution in [2.45, 2.75) is 46.0 Å². The first-order valence-electron chi connectivity index (χ1n) is 6.77. The zero-order chi connectivity index (χ0) is 15.8. The van der Waals surface area contributed by atoms with Crippen LogP contribution in [0.5, 0.6) is 0 Å². The maximum atomic E-state index is 9.95. The third kappa shape index (κ3) is 19.8. The van der Waals surface area contributed by atoms with E-state index in [4.69, 9.17) is 5.73 Å². The molecule has 1 amide bonds. The van der Waals surface area contributed by atoms with Gasteiger partial charge in [-0.2, -0.15) is 6.42 Å². The van der Waals surface area contributed by atoms with Crippen LogP contribution in [0.25, 0.3) is 0 Å². The first-order chi connectivity index (χ1) is 9.60. The van der Waals surface area contributed by atoms with Crippen LogP contribution in [-0.2, 0) is 16.0 Å². The molecule has 3 nitrogen and oxygen atoms in total. The Hall–Kier alpha value is -0.160. The fraction of sp³-hybridized carbons (Fsp3) is 0.438. The number of aryl methyl sites for hydroxylation is 1. The maximum absolute atomic E-state index is 9.95. The molecule has 0 atom stereocenters. The quantitative estimate of drug-likeness (QED) is 0.604. The number of carbonyl (C=O) groups is 1. The van der Waals surface area contributed by atoms with Crippen LogP contribution in [0.1, 0.15) is 45.1 Å². The molecule has 21 heavy (non-hydrogen) atoms. The molecule has 1 rings (SSSR count). The van der Waals surface area contributed by atoms with E-state index in [1.165, 1.54) is 5.56 Å². The van der Waals surface area contributed by atoms with Gasteiger partial charge in [-0.1, -0.05) is 60.3 Å². The van der Waals surface area contributed by atoms with E-state index in [0.29, 0.717) is 12.8 Å². The van der Waals surface area contributed by atoms with Crippen molar-refractivity contribution in [3.63, 3.8) is 0 Å². The first kappa shape index (κ1) is 25.8. The minimum Gasteiger partial charge on any atom is -0.542 e. The van der Waals surface area contributed by atoms with Crippen molar-refractivity contribution >= 4 is 28.1 Å². The second-order valence-corrected chi connectivity index (χ2v) is 4.61. The summed E-state index contributed by atoms with van der Waals surface area (Å²) in [5.74, 6) is -0.233. The van der Waals surface area contributed by atoms with E-state index < -0.39 is 0 Å². The third-order valence-electron chi connectivity index (χ3n) is 2.10. The van der Waals surface area contributed by atoms with Gasteiger partial charge in [0.1, 0.15) is 0 Å². The number of unbranched alkanes of at least 4 members (excludes halogenated alkanes) is 1. The molecule has 0 aliphatic heterocycles. The Morgan fingerprint density at radius 3 is 2.14 bits per heavy atom. The fourth-order valence-electron chi connectivity index (χ4n) is 1.15. The summed E-state index contributed by atoms with van der Waals surface area (Å²) in [6.07, 6.45) is 5.23. The Balaban J connectivity index is -0.000000285. The first-order valence-corrected chi connectivity index (χ1v) is 7.56. The molecule has 2 N–H and O–H groups in total. The van der Waals surface area contributed by atoms with Gasteiger partial charge in [0.25, 0.3) is 0 Å². The van der Waals surface area contributed by atoms with E-state index in [1.807, 2.05) is 44.4 Å². The second-order valence-electron chi connectivity index (χ2n) is 3.69. The van der Waals surface area contributed by atoms with Gasteiger partial charge >= 0.3 is 29.6 Å². The molecule has 1 aromatic carbocycles. The van der Waals surface area contributed by atoms with Crippen LogP contribution in [0.4, 0.5) is 0 Å². The van der Waals surface area contributed by atoms with Crippen molar-refractivity contribution in [2.75, 3.05) is 0 Å². The molecule has 5 heteroatoms. The maximum Gasteiger partial charge on any atom is 1.00 e.